The van der Waals surface area contributed by atoms with Crippen molar-refractivity contribution in [2.24, 2.45) is 11.3 Å². The number of hydrogen-bond donors (Lipinski definition) is 1. The van der Waals surface area contributed by atoms with Crippen molar-refractivity contribution in [2.45, 2.75) is 13.8 Å². The van der Waals surface area contributed by atoms with Crippen LogP contribution in [-0.2, 0) is 9.59 Å². The molecule has 1 aliphatic rings. The van der Waals surface area contributed by atoms with Crippen LogP contribution in [0, 0.1) is 11.3 Å². The molecular weight excluding hydrogens is 206 g/mol. The largest absolute Gasteiger partial charge is 0.481 e. The van der Waals surface area contributed by atoms with E-state index >= 15 is 0 Å². The zero-order valence-electron chi connectivity index (χ0n) is 9.80. The predicted molar refractivity (Wildman–Crippen MR) is 60.8 cm³/mol. The molecule has 4 heteroatoms. The first-order chi connectivity index (χ1) is 7.41. The van der Waals surface area contributed by atoms with Crippen LogP contribution in [0.25, 0.3) is 0 Å². The molecule has 2 atom stereocenters. The number of hydrogen-bond acceptors (Lipinski definition) is 3. The van der Waals surface area contributed by atoms with E-state index in [0.717, 1.165) is 12.0 Å². The standard InChI is InChI=1S/C12H17NO3/c1-9-4-5-10(13(3)6-7-14)8-12(9,2)11(15)16/h4-5,7-9H,6H2,1-3H3,(H,15,16). The topological polar surface area (TPSA) is 57.6 Å². The number of aliphatic carboxylic acids is 1. The van der Waals surface area contributed by atoms with Gasteiger partial charge in [-0.05, 0) is 25.0 Å². The first-order valence-corrected chi connectivity index (χ1v) is 5.21. The number of nitrogens with zero attached hydrogens (tertiary/aromatic N) is 1. The van der Waals surface area contributed by atoms with Crippen LogP contribution in [0.4, 0.5) is 0 Å². The van der Waals surface area contributed by atoms with Gasteiger partial charge in [0.05, 0.1) is 12.0 Å². The third-order valence-electron chi connectivity index (χ3n) is 3.20. The van der Waals surface area contributed by atoms with Gasteiger partial charge in [0.25, 0.3) is 0 Å². The number of carboxylic acid groups (broad SMARTS) is 1. The van der Waals surface area contributed by atoms with E-state index in [1.165, 1.54) is 0 Å². The van der Waals surface area contributed by atoms with Gasteiger partial charge in [-0.2, -0.15) is 0 Å². The second-order valence-electron chi connectivity index (χ2n) is 4.35. The Balaban J connectivity index is 3.01. The summed E-state index contributed by atoms with van der Waals surface area (Å²) in [5.74, 6) is -0.903. The van der Waals surface area contributed by atoms with Crippen LogP contribution >= 0.6 is 0 Å². The fourth-order valence-corrected chi connectivity index (χ4v) is 1.64. The van der Waals surface area contributed by atoms with Crippen molar-refractivity contribution in [3.63, 3.8) is 0 Å². The molecule has 0 heterocycles. The first kappa shape index (κ1) is 12.5. The molecule has 1 rings (SSSR count). The molecule has 0 aromatic carbocycles. The molecule has 0 radical (unpaired) electrons. The Morgan fingerprint density at radius 1 is 1.69 bits per heavy atom. The number of carbonyl (C=O) groups excluding carboxylic acids is 1. The van der Waals surface area contributed by atoms with Crippen molar-refractivity contribution >= 4 is 12.3 Å². The molecule has 0 bridgehead atoms. The van der Waals surface area contributed by atoms with E-state index in [4.69, 9.17) is 0 Å². The lowest BCUT2D eigenvalue weighted by atomic mass is 9.74. The van der Waals surface area contributed by atoms with Crippen LogP contribution in [0.5, 0.6) is 0 Å². The molecule has 0 saturated heterocycles. The van der Waals surface area contributed by atoms with Gasteiger partial charge in [0, 0.05) is 12.7 Å². The average molecular weight is 223 g/mol. The van der Waals surface area contributed by atoms with Gasteiger partial charge in [-0.3, -0.25) is 4.79 Å². The van der Waals surface area contributed by atoms with Crippen LogP contribution in [0.3, 0.4) is 0 Å². The fraction of sp³-hybridized carbons (Fsp3) is 0.500. The highest BCUT2D eigenvalue weighted by Crippen LogP contribution is 2.35. The molecular formula is C12H17NO3. The van der Waals surface area contributed by atoms with Crippen LogP contribution in [-0.4, -0.2) is 35.9 Å². The third-order valence-corrected chi connectivity index (χ3v) is 3.20. The lowest BCUT2D eigenvalue weighted by Crippen LogP contribution is -2.35. The fourth-order valence-electron chi connectivity index (χ4n) is 1.64. The maximum atomic E-state index is 11.2. The number of carboxylic acids is 1. The minimum Gasteiger partial charge on any atom is -0.481 e. The number of aldehydes is 1. The molecule has 16 heavy (non-hydrogen) atoms. The number of allylic oxidation sites excluding steroid dienone is 2. The highest BCUT2D eigenvalue weighted by atomic mass is 16.4. The van der Waals surface area contributed by atoms with Crippen LogP contribution in [0.1, 0.15) is 13.8 Å². The molecule has 0 fully saturated rings. The highest BCUT2D eigenvalue weighted by Gasteiger charge is 2.38. The van der Waals surface area contributed by atoms with Gasteiger partial charge in [0.1, 0.15) is 6.29 Å². The van der Waals surface area contributed by atoms with Gasteiger partial charge in [-0.15, -0.1) is 0 Å². The van der Waals surface area contributed by atoms with E-state index < -0.39 is 11.4 Å². The van der Waals surface area contributed by atoms with E-state index in [2.05, 4.69) is 0 Å². The Labute approximate surface area is 95.2 Å². The molecule has 2 unspecified atom stereocenters. The quantitative estimate of drug-likeness (QED) is 0.730. The minimum atomic E-state index is -0.902. The van der Waals surface area contributed by atoms with Crippen molar-refractivity contribution in [1.29, 1.82) is 0 Å². The summed E-state index contributed by atoms with van der Waals surface area (Å²) < 4.78 is 0. The highest BCUT2D eigenvalue weighted by molar-refractivity contribution is 5.78. The summed E-state index contributed by atoms with van der Waals surface area (Å²) in [7, 11) is 1.77. The Morgan fingerprint density at radius 3 is 2.81 bits per heavy atom. The van der Waals surface area contributed by atoms with Gasteiger partial charge in [-0.25, -0.2) is 0 Å². The second kappa shape index (κ2) is 4.51. The maximum Gasteiger partial charge on any atom is 0.313 e. The Morgan fingerprint density at radius 2 is 2.31 bits per heavy atom. The van der Waals surface area contributed by atoms with E-state index in [1.54, 1.807) is 24.9 Å². The molecule has 1 N–H and O–H groups in total. The summed E-state index contributed by atoms with van der Waals surface area (Å²) in [6.45, 7) is 3.83. The summed E-state index contributed by atoms with van der Waals surface area (Å²) in [6, 6.07) is 0. The zero-order chi connectivity index (χ0) is 12.3. The first-order valence-electron chi connectivity index (χ1n) is 5.21. The average Bonchev–Trinajstić information content (AvgIpc) is 2.22. The molecule has 1 aliphatic carbocycles. The Kier molecular flexibility index (Phi) is 3.52. The molecule has 0 saturated carbocycles. The van der Waals surface area contributed by atoms with E-state index in [-0.39, 0.29) is 12.5 Å². The molecule has 0 aromatic rings. The molecule has 0 spiro atoms. The lowest BCUT2D eigenvalue weighted by Gasteiger charge is -2.32. The van der Waals surface area contributed by atoms with Crippen molar-refractivity contribution in [2.75, 3.05) is 13.6 Å². The van der Waals surface area contributed by atoms with Crippen LogP contribution in [0.15, 0.2) is 23.9 Å². The van der Waals surface area contributed by atoms with E-state index in [9.17, 15) is 14.7 Å². The SMILES string of the molecule is CC1C=CC(N(C)CC=O)=CC1(C)C(=O)O. The molecule has 88 valence electrons. The van der Waals surface area contributed by atoms with Gasteiger partial charge in [0.15, 0.2) is 0 Å². The number of likely N-dealkylation sites (N-methyl/N-ethyl adjacent to an activating group) is 1. The third kappa shape index (κ3) is 2.15. The summed E-state index contributed by atoms with van der Waals surface area (Å²) >= 11 is 0. The van der Waals surface area contributed by atoms with E-state index in [0.29, 0.717) is 0 Å². The van der Waals surface area contributed by atoms with Crippen LogP contribution in [0.2, 0.25) is 0 Å². The summed E-state index contributed by atoms with van der Waals surface area (Å²) in [4.78, 5) is 23.4. The zero-order valence-corrected chi connectivity index (χ0v) is 9.80. The van der Waals surface area contributed by atoms with Crippen LogP contribution < -0.4 is 0 Å². The van der Waals surface area contributed by atoms with Crippen molar-refractivity contribution in [3.8, 4) is 0 Å². The predicted octanol–water partition coefficient (Wildman–Crippen LogP) is 1.30. The smallest absolute Gasteiger partial charge is 0.313 e. The van der Waals surface area contributed by atoms with Gasteiger partial charge in [0.2, 0.25) is 0 Å². The maximum absolute atomic E-state index is 11.2. The molecule has 0 aromatic heterocycles. The molecule has 0 amide bonds. The van der Waals surface area contributed by atoms with Gasteiger partial charge in [-0.1, -0.05) is 13.0 Å². The normalized spacial score (nSPS) is 28.4. The Bertz CT molecular complexity index is 359. The summed E-state index contributed by atoms with van der Waals surface area (Å²) in [5.41, 5.74) is -0.128. The summed E-state index contributed by atoms with van der Waals surface area (Å²) in [5, 5.41) is 9.23. The molecule has 0 aliphatic heterocycles. The number of rotatable bonds is 4. The minimum absolute atomic E-state index is 0.0571. The van der Waals surface area contributed by atoms with Crippen molar-refractivity contribution in [3.05, 3.63) is 23.9 Å². The summed E-state index contributed by atoms with van der Waals surface area (Å²) in [6.07, 6.45) is 6.23. The van der Waals surface area contributed by atoms with Crippen molar-refractivity contribution in [1.82, 2.24) is 4.90 Å². The Hall–Kier alpha value is -1.58. The van der Waals surface area contributed by atoms with Gasteiger partial charge < -0.3 is 14.8 Å². The van der Waals surface area contributed by atoms with Gasteiger partial charge >= 0.3 is 5.97 Å². The van der Waals surface area contributed by atoms with E-state index in [1.807, 2.05) is 19.1 Å². The monoisotopic (exact) mass is 223 g/mol. The lowest BCUT2D eigenvalue weighted by molar-refractivity contribution is -0.146. The van der Waals surface area contributed by atoms with Crippen molar-refractivity contribution < 1.29 is 14.7 Å². The number of carbonyl (C=O) groups is 2. The second-order valence-corrected chi connectivity index (χ2v) is 4.35. The molecule has 4 nitrogen and oxygen atoms in total.